The van der Waals surface area contributed by atoms with Gasteiger partial charge in [0.25, 0.3) is 0 Å². The molecule has 0 saturated carbocycles. The van der Waals surface area contributed by atoms with Crippen molar-refractivity contribution in [1.82, 2.24) is 0 Å². The van der Waals surface area contributed by atoms with Crippen LogP contribution in [0.2, 0.25) is 0 Å². The molecule has 1 aliphatic heterocycles. The van der Waals surface area contributed by atoms with Crippen LogP contribution in [-0.2, 0) is 0 Å². The van der Waals surface area contributed by atoms with E-state index in [1.54, 1.807) is 12.1 Å². The number of rotatable bonds is 1. The molecule has 4 aromatic rings. The fraction of sp³-hybridized carbons (Fsp3) is 0.130. The Hall–Kier alpha value is -3.96. The van der Waals surface area contributed by atoms with Gasteiger partial charge >= 0.3 is 0 Å². The molecule has 134 valence electrons. The molecule has 1 atom stereocenters. The van der Waals surface area contributed by atoms with Gasteiger partial charge in [0.15, 0.2) is 0 Å². The average Bonchev–Trinajstić information content (AvgIpc) is 3.22. The minimum absolute atomic E-state index is 0.0431. The molecule has 0 N–H and O–H groups in total. The maximum atomic E-state index is 9.67. The molecule has 5 rings (SSSR count). The first-order valence-corrected chi connectivity index (χ1v) is 9.04. The van der Waals surface area contributed by atoms with E-state index in [-0.39, 0.29) is 6.17 Å². The summed E-state index contributed by atoms with van der Waals surface area (Å²) in [6.45, 7) is 2.06. The molecule has 2 heterocycles. The van der Waals surface area contributed by atoms with Gasteiger partial charge in [0.2, 0.25) is 0 Å². The molecule has 1 aliphatic rings. The molecule has 1 aromatic heterocycles. The van der Waals surface area contributed by atoms with Gasteiger partial charge in [-0.1, -0.05) is 18.2 Å². The van der Waals surface area contributed by atoms with Crippen LogP contribution in [0.5, 0.6) is 0 Å². The molecule has 3 aromatic carbocycles. The van der Waals surface area contributed by atoms with Crippen molar-refractivity contribution >= 4 is 39.0 Å². The number of nitrogens with zero attached hydrogens (tertiary/aromatic N) is 4. The Morgan fingerprint density at radius 1 is 0.857 bits per heavy atom. The predicted octanol–water partition coefficient (Wildman–Crippen LogP) is 5.26. The fourth-order valence-electron chi connectivity index (χ4n) is 4.12. The molecule has 0 saturated heterocycles. The summed E-state index contributed by atoms with van der Waals surface area (Å²) in [5.41, 5.74) is 5.26. The van der Waals surface area contributed by atoms with Gasteiger partial charge < -0.3 is 14.2 Å². The quantitative estimate of drug-likeness (QED) is 0.461. The molecule has 0 amide bonds. The van der Waals surface area contributed by atoms with E-state index in [2.05, 4.69) is 36.1 Å². The lowest BCUT2D eigenvalue weighted by Crippen LogP contribution is -2.35. The molecular weight excluding hydrogens is 348 g/mol. The second kappa shape index (κ2) is 5.77. The molecule has 0 fully saturated rings. The van der Waals surface area contributed by atoms with Crippen molar-refractivity contribution < 1.29 is 4.42 Å². The van der Waals surface area contributed by atoms with Gasteiger partial charge in [-0.2, -0.15) is 10.5 Å². The third-order valence-corrected chi connectivity index (χ3v) is 5.56. The summed E-state index contributed by atoms with van der Waals surface area (Å²) in [4.78, 5) is 4.14. The lowest BCUT2D eigenvalue weighted by Gasteiger charge is -2.27. The van der Waals surface area contributed by atoms with E-state index in [4.69, 9.17) is 4.42 Å². The molecule has 0 unspecified atom stereocenters. The first-order chi connectivity index (χ1) is 13.6. The minimum Gasteiger partial charge on any atom is -0.456 e. The zero-order valence-electron chi connectivity index (χ0n) is 15.5. The summed E-state index contributed by atoms with van der Waals surface area (Å²) >= 11 is 0. The van der Waals surface area contributed by atoms with E-state index in [0.717, 1.165) is 39.0 Å². The highest BCUT2D eigenvalue weighted by Crippen LogP contribution is 2.47. The topological polar surface area (TPSA) is 67.2 Å². The van der Waals surface area contributed by atoms with E-state index >= 15 is 0 Å². The average molecular weight is 364 g/mol. The summed E-state index contributed by atoms with van der Waals surface area (Å²) < 4.78 is 6.05. The van der Waals surface area contributed by atoms with Gasteiger partial charge in [0, 0.05) is 29.6 Å². The Morgan fingerprint density at radius 3 is 2.29 bits per heavy atom. The highest BCUT2D eigenvalue weighted by molar-refractivity contribution is 6.06. The Kier molecular flexibility index (Phi) is 3.35. The van der Waals surface area contributed by atoms with Crippen molar-refractivity contribution in [3.8, 4) is 12.1 Å². The van der Waals surface area contributed by atoms with Crippen LogP contribution in [0.15, 0.2) is 59.0 Å². The Bertz CT molecular complexity index is 1340. The van der Waals surface area contributed by atoms with Gasteiger partial charge in [0.05, 0.1) is 22.5 Å². The second-order valence-corrected chi connectivity index (χ2v) is 6.97. The summed E-state index contributed by atoms with van der Waals surface area (Å²) in [6, 6.07) is 22.0. The van der Waals surface area contributed by atoms with Crippen molar-refractivity contribution in [1.29, 1.82) is 10.5 Å². The molecular formula is C23H16N4O. The lowest BCUT2D eigenvalue weighted by atomic mass is 10.1. The predicted molar refractivity (Wildman–Crippen MR) is 110 cm³/mol. The van der Waals surface area contributed by atoms with E-state index in [1.165, 1.54) is 0 Å². The second-order valence-electron chi connectivity index (χ2n) is 6.97. The SMILES string of the molecule is C[C@H]1N(C)c2c(C#N)ccc(C#N)c2N1c1ccc2c(c1)oc1ccccc12. The Morgan fingerprint density at radius 2 is 1.54 bits per heavy atom. The zero-order valence-corrected chi connectivity index (χ0v) is 15.5. The summed E-state index contributed by atoms with van der Waals surface area (Å²) in [7, 11) is 1.95. The number of hydrogen-bond donors (Lipinski definition) is 0. The molecule has 0 aliphatic carbocycles. The van der Waals surface area contributed by atoms with Crippen LogP contribution in [-0.4, -0.2) is 13.2 Å². The molecule has 5 nitrogen and oxygen atoms in total. The number of para-hydroxylation sites is 1. The number of furan rings is 1. The minimum atomic E-state index is -0.0431. The number of nitriles is 2. The maximum Gasteiger partial charge on any atom is 0.137 e. The fourth-order valence-corrected chi connectivity index (χ4v) is 4.12. The molecule has 28 heavy (non-hydrogen) atoms. The van der Waals surface area contributed by atoms with Crippen LogP contribution < -0.4 is 9.80 Å². The maximum absolute atomic E-state index is 9.67. The van der Waals surface area contributed by atoms with E-state index in [9.17, 15) is 10.5 Å². The van der Waals surface area contributed by atoms with Crippen LogP contribution in [0.1, 0.15) is 18.1 Å². The van der Waals surface area contributed by atoms with Crippen LogP contribution in [0.25, 0.3) is 21.9 Å². The first-order valence-electron chi connectivity index (χ1n) is 9.04. The smallest absolute Gasteiger partial charge is 0.137 e. The van der Waals surface area contributed by atoms with Crippen molar-refractivity contribution in [2.45, 2.75) is 13.1 Å². The molecule has 0 spiro atoms. The van der Waals surface area contributed by atoms with Crippen LogP contribution in [0.4, 0.5) is 17.1 Å². The van der Waals surface area contributed by atoms with Gasteiger partial charge in [-0.3, -0.25) is 0 Å². The summed E-state index contributed by atoms with van der Waals surface area (Å²) in [5.74, 6) is 0. The highest BCUT2D eigenvalue weighted by atomic mass is 16.3. The standard InChI is InChI=1S/C23H16N4O/c1-14-26(2)22-15(12-24)7-8-16(13-25)23(22)27(14)17-9-10-19-18-5-3-4-6-20(18)28-21(19)11-17/h3-11,14H,1-2H3/t14-/m0/s1. The van der Waals surface area contributed by atoms with Crippen LogP contribution >= 0.6 is 0 Å². The lowest BCUT2D eigenvalue weighted by molar-refractivity contribution is 0.668. The molecule has 0 bridgehead atoms. The highest BCUT2D eigenvalue weighted by Gasteiger charge is 2.36. The van der Waals surface area contributed by atoms with Gasteiger partial charge in [0.1, 0.15) is 29.5 Å². The van der Waals surface area contributed by atoms with Crippen LogP contribution in [0.3, 0.4) is 0 Å². The molecule has 5 heteroatoms. The van der Waals surface area contributed by atoms with Crippen molar-refractivity contribution in [3.05, 3.63) is 65.7 Å². The van der Waals surface area contributed by atoms with Crippen molar-refractivity contribution in [2.75, 3.05) is 16.8 Å². The van der Waals surface area contributed by atoms with E-state index in [0.29, 0.717) is 11.1 Å². The van der Waals surface area contributed by atoms with Crippen LogP contribution in [0, 0.1) is 22.7 Å². The summed E-state index contributed by atoms with van der Waals surface area (Å²) in [6.07, 6.45) is -0.0431. The summed E-state index contributed by atoms with van der Waals surface area (Å²) in [5, 5.41) is 21.4. The van der Waals surface area contributed by atoms with E-state index < -0.39 is 0 Å². The Balaban J connectivity index is 1.76. The van der Waals surface area contributed by atoms with E-state index in [1.807, 2.05) is 42.3 Å². The largest absolute Gasteiger partial charge is 0.456 e. The molecule has 0 radical (unpaired) electrons. The number of hydrogen-bond acceptors (Lipinski definition) is 5. The number of anilines is 3. The van der Waals surface area contributed by atoms with Crippen molar-refractivity contribution in [2.24, 2.45) is 0 Å². The van der Waals surface area contributed by atoms with Gasteiger partial charge in [-0.05, 0) is 37.3 Å². The van der Waals surface area contributed by atoms with Gasteiger partial charge in [-0.25, -0.2) is 0 Å². The van der Waals surface area contributed by atoms with Gasteiger partial charge in [-0.15, -0.1) is 0 Å². The first kappa shape index (κ1) is 16.2. The Labute approximate surface area is 162 Å². The third kappa shape index (κ3) is 2.05. The zero-order chi connectivity index (χ0) is 19.4. The monoisotopic (exact) mass is 364 g/mol. The number of benzene rings is 3. The normalized spacial score (nSPS) is 15.6. The third-order valence-electron chi connectivity index (χ3n) is 5.56. The van der Waals surface area contributed by atoms with Crippen molar-refractivity contribution in [3.63, 3.8) is 0 Å². The number of fused-ring (bicyclic) bond motifs is 4.